The summed E-state index contributed by atoms with van der Waals surface area (Å²) in [4.78, 5) is 27.1. The van der Waals surface area contributed by atoms with Crippen molar-refractivity contribution in [3.63, 3.8) is 0 Å². The largest absolute Gasteiger partial charge is 0.480 e. The highest BCUT2D eigenvalue weighted by Gasteiger charge is 2.26. The second kappa shape index (κ2) is 7.21. The Morgan fingerprint density at radius 1 is 1.38 bits per heavy atom. The first-order valence-electron chi connectivity index (χ1n) is 7.98. The highest BCUT2D eigenvalue weighted by Crippen LogP contribution is 2.24. The van der Waals surface area contributed by atoms with E-state index in [0.717, 1.165) is 33.8 Å². The summed E-state index contributed by atoms with van der Waals surface area (Å²) in [5.41, 5.74) is 1.82. The molecule has 0 bridgehead atoms. The van der Waals surface area contributed by atoms with E-state index in [1.54, 1.807) is 0 Å². The number of aromatic nitrogens is 1. The van der Waals surface area contributed by atoms with Crippen LogP contribution in [-0.4, -0.2) is 28.0 Å². The molecule has 2 aromatic rings. The molecule has 0 aliphatic heterocycles. The molecule has 6 heteroatoms. The molecule has 3 rings (SSSR count). The molecule has 1 aromatic carbocycles. The van der Waals surface area contributed by atoms with Gasteiger partial charge in [0.1, 0.15) is 6.04 Å². The van der Waals surface area contributed by atoms with Gasteiger partial charge in [-0.15, -0.1) is 0 Å². The van der Waals surface area contributed by atoms with Gasteiger partial charge in [0, 0.05) is 33.9 Å². The average Bonchev–Trinajstić information content (AvgIpc) is 2.97. The van der Waals surface area contributed by atoms with Crippen LogP contribution < -0.4 is 5.32 Å². The summed E-state index contributed by atoms with van der Waals surface area (Å²) in [5, 5.41) is 13.2. The molecule has 0 radical (unpaired) electrons. The van der Waals surface area contributed by atoms with Gasteiger partial charge >= 0.3 is 5.97 Å². The number of aromatic amines is 1. The molecule has 0 saturated heterocycles. The first-order chi connectivity index (χ1) is 11.5. The molecule has 126 valence electrons. The van der Waals surface area contributed by atoms with E-state index < -0.39 is 12.0 Å². The number of carboxylic acids is 1. The fraction of sp³-hybridized carbons (Fsp3) is 0.333. The number of amides is 1. The Morgan fingerprint density at radius 3 is 2.92 bits per heavy atom. The maximum atomic E-state index is 12.3. The number of benzene rings is 1. The summed E-state index contributed by atoms with van der Waals surface area (Å²) in [6.45, 7) is 0. The van der Waals surface area contributed by atoms with E-state index in [2.05, 4.69) is 32.3 Å². The van der Waals surface area contributed by atoms with Crippen molar-refractivity contribution in [3.05, 3.63) is 46.6 Å². The Morgan fingerprint density at radius 2 is 2.21 bits per heavy atom. The van der Waals surface area contributed by atoms with Crippen molar-refractivity contribution in [1.82, 2.24) is 10.3 Å². The molecule has 1 heterocycles. The maximum absolute atomic E-state index is 12.3. The van der Waals surface area contributed by atoms with Gasteiger partial charge in [-0.05, 0) is 43.0 Å². The Hall–Kier alpha value is -2.08. The third-order valence-electron chi connectivity index (χ3n) is 4.41. The van der Waals surface area contributed by atoms with Crippen LogP contribution in [-0.2, 0) is 16.0 Å². The van der Waals surface area contributed by atoms with Crippen LogP contribution in [0, 0.1) is 5.92 Å². The van der Waals surface area contributed by atoms with Crippen molar-refractivity contribution < 1.29 is 14.7 Å². The predicted octanol–water partition coefficient (Wildman–Crippen LogP) is 3.40. The van der Waals surface area contributed by atoms with Crippen molar-refractivity contribution in [1.29, 1.82) is 0 Å². The number of fused-ring (bicyclic) bond motifs is 1. The third-order valence-corrected chi connectivity index (χ3v) is 4.90. The van der Waals surface area contributed by atoms with E-state index in [4.69, 9.17) is 0 Å². The molecule has 0 saturated carbocycles. The molecule has 2 atom stereocenters. The minimum absolute atomic E-state index is 0.131. The number of allylic oxidation sites excluding steroid dienone is 2. The highest BCUT2D eigenvalue weighted by atomic mass is 79.9. The fourth-order valence-corrected chi connectivity index (χ4v) is 3.42. The number of H-pyrrole nitrogens is 1. The zero-order valence-electron chi connectivity index (χ0n) is 13.1. The van der Waals surface area contributed by atoms with Gasteiger partial charge in [0.15, 0.2) is 0 Å². The average molecular weight is 391 g/mol. The van der Waals surface area contributed by atoms with Crippen molar-refractivity contribution in [2.45, 2.75) is 31.7 Å². The molecule has 1 aromatic heterocycles. The quantitative estimate of drug-likeness (QED) is 0.684. The lowest BCUT2D eigenvalue weighted by atomic mass is 9.93. The number of carbonyl (C=O) groups is 2. The number of aliphatic carboxylic acids is 1. The molecule has 1 aliphatic rings. The van der Waals surface area contributed by atoms with Crippen LogP contribution in [0.15, 0.2) is 41.0 Å². The van der Waals surface area contributed by atoms with Crippen molar-refractivity contribution in [2.24, 2.45) is 5.92 Å². The van der Waals surface area contributed by atoms with Crippen LogP contribution in [0.2, 0.25) is 0 Å². The number of hydrogen-bond acceptors (Lipinski definition) is 2. The second-order valence-electron chi connectivity index (χ2n) is 6.09. The SMILES string of the molecule is O=C(NC(Cc1c[nH]c2ccc(Br)cc12)C(=O)O)C1CC=CCC1. The number of nitrogens with one attached hydrogen (secondary N) is 2. The van der Waals surface area contributed by atoms with Crippen LogP contribution in [0.4, 0.5) is 0 Å². The molecule has 24 heavy (non-hydrogen) atoms. The summed E-state index contributed by atoms with van der Waals surface area (Å²) in [6, 6.07) is 4.89. The van der Waals surface area contributed by atoms with Gasteiger partial charge in [-0.1, -0.05) is 28.1 Å². The van der Waals surface area contributed by atoms with Crippen LogP contribution in [0.25, 0.3) is 10.9 Å². The lowest BCUT2D eigenvalue weighted by molar-refractivity contribution is -0.142. The van der Waals surface area contributed by atoms with Crippen LogP contribution >= 0.6 is 15.9 Å². The summed E-state index contributed by atoms with van der Waals surface area (Å²) in [5.74, 6) is -1.32. The number of hydrogen-bond donors (Lipinski definition) is 3. The zero-order valence-corrected chi connectivity index (χ0v) is 14.7. The fourth-order valence-electron chi connectivity index (χ4n) is 3.06. The first kappa shape index (κ1) is 16.8. The minimum Gasteiger partial charge on any atom is -0.480 e. The molecule has 0 fully saturated rings. The Labute approximate surface area is 148 Å². The topological polar surface area (TPSA) is 82.2 Å². The van der Waals surface area contributed by atoms with Crippen LogP contribution in [0.5, 0.6) is 0 Å². The molecule has 0 spiro atoms. The van der Waals surface area contributed by atoms with E-state index in [9.17, 15) is 14.7 Å². The van der Waals surface area contributed by atoms with Gasteiger partial charge < -0.3 is 15.4 Å². The molecule has 5 nitrogen and oxygen atoms in total. The predicted molar refractivity (Wildman–Crippen MR) is 95.8 cm³/mol. The molecular weight excluding hydrogens is 372 g/mol. The van der Waals surface area contributed by atoms with Gasteiger partial charge in [0.05, 0.1) is 0 Å². The number of carboxylic acid groups (broad SMARTS) is 1. The third kappa shape index (κ3) is 3.70. The maximum Gasteiger partial charge on any atom is 0.326 e. The number of rotatable bonds is 5. The van der Waals surface area contributed by atoms with Gasteiger partial charge in [0.25, 0.3) is 0 Å². The van der Waals surface area contributed by atoms with Gasteiger partial charge in [-0.25, -0.2) is 4.79 Å². The minimum atomic E-state index is -1.01. The van der Waals surface area contributed by atoms with Gasteiger partial charge in [-0.2, -0.15) is 0 Å². The smallest absolute Gasteiger partial charge is 0.326 e. The highest BCUT2D eigenvalue weighted by molar-refractivity contribution is 9.10. The van der Waals surface area contributed by atoms with E-state index in [1.807, 2.05) is 30.5 Å². The molecule has 1 amide bonds. The van der Waals surface area contributed by atoms with E-state index >= 15 is 0 Å². The molecule has 2 unspecified atom stereocenters. The van der Waals surface area contributed by atoms with E-state index in [1.165, 1.54) is 0 Å². The van der Waals surface area contributed by atoms with Crippen LogP contribution in [0.1, 0.15) is 24.8 Å². The lowest BCUT2D eigenvalue weighted by Crippen LogP contribution is -2.45. The Bertz CT molecular complexity index is 797. The van der Waals surface area contributed by atoms with Gasteiger partial charge in [-0.3, -0.25) is 4.79 Å². The second-order valence-corrected chi connectivity index (χ2v) is 7.00. The van der Waals surface area contributed by atoms with Crippen molar-refractivity contribution in [3.8, 4) is 0 Å². The standard InChI is InChI=1S/C18H19BrN2O3/c19-13-6-7-15-14(9-13)12(10-20-15)8-16(18(23)24)21-17(22)11-4-2-1-3-5-11/h1-2,6-7,9-11,16,20H,3-5,8H2,(H,21,22)(H,23,24). The summed E-state index contributed by atoms with van der Waals surface area (Å²) >= 11 is 3.43. The van der Waals surface area contributed by atoms with Crippen molar-refractivity contribution in [2.75, 3.05) is 0 Å². The number of halogens is 1. The Kier molecular flexibility index (Phi) is 5.04. The molecule has 1 aliphatic carbocycles. The zero-order chi connectivity index (χ0) is 17.1. The molecule has 3 N–H and O–H groups in total. The summed E-state index contributed by atoms with van der Waals surface area (Å²) in [6.07, 6.45) is 8.42. The van der Waals surface area contributed by atoms with E-state index in [-0.39, 0.29) is 18.2 Å². The lowest BCUT2D eigenvalue weighted by Gasteiger charge is -2.21. The first-order valence-corrected chi connectivity index (χ1v) is 8.77. The van der Waals surface area contributed by atoms with Crippen LogP contribution in [0.3, 0.4) is 0 Å². The summed E-state index contributed by atoms with van der Waals surface area (Å²) < 4.78 is 0.931. The van der Waals surface area contributed by atoms with Crippen molar-refractivity contribution >= 4 is 38.7 Å². The van der Waals surface area contributed by atoms with Gasteiger partial charge in [0.2, 0.25) is 5.91 Å². The van der Waals surface area contributed by atoms with E-state index in [0.29, 0.717) is 6.42 Å². The monoisotopic (exact) mass is 390 g/mol. The Balaban J connectivity index is 1.75. The molecular formula is C18H19BrN2O3. The summed E-state index contributed by atoms with van der Waals surface area (Å²) in [7, 11) is 0. The normalized spacial score (nSPS) is 18.5. The number of carbonyl (C=O) groups excluding carboxylic acids is 1.